The molecule has 2 heterocycles. The summed E-state index contributed by atoms with van der Waals surface area (Å²) in [7, 11) is 0. The minimum Gasteiger partial charge on any atom is -0.338 e. The molecule has 0 saturated carbocycles. The van der Waals surface area contributed by atoms with E-state index in [1.54, 1.807) is 6.07 Å². The summed E-state index contributed by atoms with van der Waals surface area (Å²) in [4.78, 5) is 4.49. The van der Waals surface area contributed by atoms with Gasteiger partial charge in [-0.1, -0.05) is 28.0 Å². The molecule has 4 nitrogen and oxygen atoms in total. The van der Waals surface area contributed by atoms with Gasteiger partial charge >= 0.3 is 0 Å². The zero-order chi connectivity index (χ0) is 14.2. The Morgan fingerprint density at radius 3 is 3.05 bits per heavy atom. The third-order valence-corrected chi connectivity index (χ3v) is 4.66. The number of nitrogens with one attached hydrogen (secondary N) is 1. The molecule has 1 N–H and O–H groups in total. The molecular formula is C14H15BrFN3O. The lowest BCUT2D eigenvalue weighted by molar-refractivity contribution is 0.285. The number of halogens is 2. The van der Waals surface area contributed by atoms with E-state index in [-0.39, 0.29) is 11.2 Å². The first-order valence-corrected chi connectivity index (χ1v) is 7.44. The topological polar surface area (TPSA) is 51.0 Å². The molecule has 1 fully saturated rings. The number of nitrogens with zero attached hydrogens (tertiary/aromatic N) is 2. The summed E-state index contributed by atoms with van der Waals surface area (Å²) in [5.41, 5.74) is 0.516. The van der Waals surface area contributed by atoms with Crippen LogP contribution in [0.3, 0.4) is 0 Å². The van der Waals surface area contributed by atoms with Crippen LogP contribution in [0, 0.1) is 5.82 Å². The monoisotopic (exact) mass is 339 g/mol. The second-order valence-electron chi connectivity index (χ2n) is 5.11. The smallest absolute Gasteiger partial charge is 0.234 e. The van der Waals surface area contributed by atoms with Crippen molar-refractivity contribution >= 4 is 15.9 Å². The van der Waals surface area contributed by atoms with Gasteiger partial charge in [0.15, 0.2) is 0 Å². The van der Waals surface area contributed by atoms with Gasteiger partial charge in [-0.2, -0.15) is 4.98 Å². The van der Waals surface area contributed by atoms with Crippen molar-refractivity contribution in [2.24, 2.45) is 0 Å². The SMILES string of the molecule is CCC1(c2nc(-c3cc(F)ccc3Br)no2)CCNC1. The average Bonchev–Trinajstić information content (AvgIpc) is 3.10. The normalized spacial score (nSPS) is 22.4. The van der Waals surface area contributed by atoms with Gasteiger partial charge in [0, 0.05) is 16.6 Å². The van der Waals surface area contributed by atoms with E-state index in [0.717, 1.165) is 30.4 Å². The zero-order valence-electron chi connectivity index (χ0n) is 11.1. The van der Waals surface area contributed by atoms with Crippen LogP contribution in [0.15, 0.2) is 27.2 Å². The van der Waals surface area contributed by atoms with E-state index in [0.29, 0.717) is 17.3 Å². The van der Waals surface area contributed by atoms with E-state index in [1.807, 2.05) is 0 Å². The Hall–Kier alpha value is -1.27. The Bertz CT molecular complexity index is 623. The van der Waals surface area contributed by atoms with Crippen LogP contribution < -0.4 is 5.32 Å². The summed E-state index contributed by atoms with van der Waals surface area (Å²) < 4.78 is 19.6. The van der Waals surface area contributed by atoms with Gasteiger partial charge in [-0.3, -0.25) is 0 Å². The molecule has 0 radical (unpaired) electrons. The van der Waals surface area contributed by atoms with Crippen molar-refractivity contribution in [2.75, 3.05) is 13.1 Å². The minimum absolute atomic E-state index is 0.0922. The number of hydrogen-bond donors (Lipinski definition) is 1. The fourth-order valence-corrected chi connectivity index (χ4v) is 3.02. The van der Waals surface area contributed by atoms with Crippen LogP contribution >= 0.6 is 15.9 Å². The van der Waals surface area contributed by atoms with E-state index in [2.05, 4.69) is 38.3 Å². The van der Waals surface area contributed by atoms with Gasteiger partial charge in [-0.05, 0) is 37.6 Å². The number of benzene rings is 1. The summed E-state index contributed by atoms with van der Waals surface area (Å²) in [5, 5.41) is 7.35. The summed E-state index contributed by atoms with van der Waals surface area (Å²) in [5.74, 6) is 0.740. The molecule has 3 rings (SSSR count). The molecule has 0 aliphatic carbocycles. The third kappa shape index (κ3) is 2.27. The molecule has 1 saturated heterocycles. The van der Waals surface area contributed by atoms with Gasteiger partial charge in [0.2, 0.25) is 11.7 Å². The second-order valence-corrected chi connectivity index (χ2v) is 5.96. The molecule has 0 amide bonds. The molecule has 0 spiro atoms. The number of aromatic nitrogens is 2. The molecule has 106 valence electrons. The molecule has 1 aromatic heterocycles. The fraction of sp³-hybridized carbons (Fsp3) is 0.429. The molecule has 1 aliphatic heterocycles. The lowest BCUT2D eigenvalue weighted by Gasteiger charge is -2.20. The lowest BCUT2D eigenvalue weighted by atomic mass is 9.84. The van der Waals surface area contributed by atoms with Crippen molar-refractivity contribution in [2.45, 2.75) is 25.2 Å². The summed E-state index contributed by atoms with van der Waals surface area (Å²) in [6.07, 6.45) is 1.92. The highest BCUT2D eigenvalue weighted by atomic mass is 79.9. The molecule has 1 aromatic carbocycles. The standard InChI is InChI=1S/C14H15BrFN3O/c1-2-14(5-6-17-8-14)13-18-12(19-20-13)10-7-9(16)3-4-11(10)15/h3-4,7,17H,2,5-6,8H2,1H3. The maximum Gasteiger partial charge on any atom is 0.234 e. The van der Waals surface area contributed by atoms with Crippen LogP contribution in [0.4, 0.5) is 4.39 Å². The van der Waals surface area contributed by atoms with Gasteiger partial charge < -0.3 is 9.84 Å². The van der Waals surface area contributed by atoms with Gasteiger partial charge in [-0.25, -0.2) is 4.39 Å². The van der Waals surface area contributed by atoms with E-state index < -0.39 is 0 Å². The Morgan fingerprint density at radius 1 is 1.50 bits per heavy atom. The first kappa shape index (κ1) is 13.7. The number of hydrogen-bond acceptors (Lipinski definition) is 4. The highest BCUT2D eigenvalue weighted by Gasteiger charge is 2.39. The van der Waals surface area contributed by atoms with Gasteiger partial charge in [0.05, 0.1) is 5.41 Å². The molecule has 2 aromatic rings. The maximum atomic E-state index is 13.4. The molecular weight excluding hydrogens is 325 g/mol. The first-order valence-electron chi connectivity index (χ1n) is 6.65. The van der Waals surface area contributed by atoms with Crippen LogP contribution in [0.2, 0.25) is 0 Å². The summed E-state index contributed by atoms with van der Waals surface area (Å²) >= 11 is 3.39. The molecule has 6 heteroatoms. The van der Waals surface area contributed by atoms with Crippen molar-refractivity contribution in [1.29, 1.82) is 0 Å². The van der Waals surface area contributed by atoms with Gasteiger partial charge in [0.25, 0.3) is 0 Å². The largest absolute Gasteiger partial charge is 0.338 e. The quantitative estimate of drug-likeness (QED) is 0.932. The number of rotatable bonds is 3. The van der Waals surface area contributed by atoms with E-state index in [9.17, 15) is 4.39 Å². The van der Waals surface area contributed by atoms with Crippen molar-refractivity contribution in [3.8, 4) is 11.4 Å². The minimum atomic E-state index is -0.317. The highest BCUT2D eigenvalue weighted by Crippen LogP contribution is 2.35. The predicted octanol–water partition coefficient (Wildman–Crippen LogP) is 3.28. The molecule has 1 atom stereocenters. The van der Waals surface area contributed by atoms with Crippen LogP contribution in [-0.4, -0.2) is 23.2 Å². The van der Waals surface area contributed by atoms with Crippen molar-refractivity contribution < 1.29 is 8.91 Å². The summed E-state index contributed by atoms with van der Waals surface area (Å²) in [6, 6.07) is 4.45. The van der Waals surface area contributed by atoms with Crippen molar-refractivity contribution in [3.05, 3.63) is 34.4 Å². The van der Waals surface area contributed by atoms with E-state index >= 15 is 0 Å². The molecule has 0 bridgehead atoms. The average molecular weight is 340 g/mol. The maximum absolute atomic E-state index is 13.4. The van der Waals surface area contributed by atoms with Gasteiger partial charge in [-0.15, -0.1) is 0 Å². The van der Waals surface area contributed by atoms with E-state index in [1.165, 1.54) is 12.1 Å². The Kier molecular flexibility index (Phi) is 3.60. The highest BCUT2D eigenvalue weighted by molar-refractivity contribution is 9.10. The van der Waals surface area contributed by atoms with Crippen LogP contribution in [0.25, 0.3) is 11.4 Å². The van der Waals surface area contributed by atoms with Crippen molar-refractivity contribution in [3.63, 3.8) is 0 Å². The second kappa shape index (κ2) is 5.26. The molecule has 1 unspecified atom stereocenters. The lowest BCUT2D eigenvalue weighted by Crippen LogP contribution is -2.28. The van der Waals surface area contributed by atoms with E-state index in [4.69, 9.17) is 4.52 Å². The van der Waals surface area contributed by atoms with Crippen molar-refractivity contribution in [1.82, 2.24) is 15.5 Å². The third-order valence-electron chi connectivity index (χ3n) is 3.97. The van der Waals surface area contributed by atoms with Gasteiger partial charge in [0.1, 0.15) is 5.82 Å². The molecule has 20 heavy (non-hydrogen) atoms. The van der Waals surface area contributed by atoms with Crippen LogP contribution in [-0.2, 0) is 5.41 Å². The van der Waals surface area contributed by atoms with Crippen LogP contribution in [0.1, 0.15) is 25.7 Å². The zero-order valence-corrected chi connectivity index (χ0v) is 12.7. The first-order chi connectivity index (χ1) is 9.64. The summed E-state index contributed by atoms with van der Waals surface area (Å²) in [6.45, 7) is 3.92. The van der Waals surface area contributed by atoms with Crippen LogP contribution in [0.5, 0.6) is 0 Å². The Morgan fingerprint density at radius 2 is 2.35 bits per heavy atom. The fourth-order valence-electron chi connectivity index (χ4n) is 2.60. The molecule has 1 aliphatic rings. The Labute approximate surface area is 124 Å². The predicted molar refractivity (Wildman–Crippen MR) is 76.8 cm³/mol. The Balaban J connectivity index is 2.00.